The number of ether oxygens (including phenoxy) is 1. The van der Waals surface area contributed by atoms with Gasteiger partial charge in [0.15, 0.2) is 0 Å². The maximum atomic E-state index is 14.6. The number of carbonyl (C=O) groups excluding carboxylic acids is 2. The van der Waals surface area contributed by atoms with Gasteiger partial charge in [0.2, 0.25) is 5.91 Å². The lowest BCUT2D eigenvalue weighted by atomic mass is 9.77. The molecule has 1 unspecified atom stereocenters. The van der Waals surface area contributed by atoms with Crippen LogP contribution in [0.3, 0.4) is 0 Å². The van der Waals surface area contributed by atoms with E-state index in [0.29, 0.717) is 25.3 Å². The molecular formula is C28H33F6NO3. The van der Waals surface area contributed by atoms with Crippen molar-refractivity contribution in [3.8, 4) is 0 Å². The molecule has 210 valence electrons. The first-order valence-electron chi connectivity index (χ1n) is 12.5. The number of esters is 1. The molecule has 0 saturated heterocycles. The van der Waals surface area contributed by atoms with Gasteiger partial charge in [-0.15, -0.1) is 0 Å². The molecule has 2 aliphatic rings. The van der Waals surface area contributed by atoms with E-state index in [2.05, 4.69) is 5.32 Å². The Morgan fingerprint density at radius 2 is 1.74 bits per heavy atom. The summed E-state index contributed by atoms with van der Waals surface area (Å²) in [4.78, 5) is 25.8. The van der Waals surface area contributed by atoms with Crippen molar-refractivity contribution in [2.45, 2.75) is 78.0 Å². The summed E-state index contributed by atoms with van der Waals surface area (Å²) >= 11 is 0. The largest absolute Gasteiger partial charge is 0.460 e. The molecule has 10 heteroatoms. The highest BCUT2D eigenvalue weighted by Crippen LogP contribution is 2.50. The molecule has 38 heavy (non-hydrogen) atoms. The van der Waals surface area contributed by atoms with Gasteiger partial charge < -0.3 is 10.1 Å². The second-order valence-electron chi connectivity index (χ2n) is 11.4. The molecule has 1 fully saturated rings. The number of allylic oxidation sites excluding steroid dienone is 4. The number of anilines is 1. The Labute approximate surface area is 218 Å². The normalized spacial score (nSPS) is 20.8. The number of benzene rings is 1. The lowest BCUT2D eigenvalue weighted by molar-refractivity contribution is -0.188. The topological polar surface area (TPSA) is 55.4 Å². The highest BCUT2D eigenvalue weighted by atomic mass is 19.4. The average Bonchev–Trinajstić information content (AvgIpc) is 3.55. The Bertz CT molecular complexity index is 1120. The standard InChI is InChI=1S/C28H33F6NO3/c1-16(28(32,33)34)22(18-7-9-19(10-8-18)26(5,30)31)23(36)35-21-14-17(6-11-20(21)29)15-27(12-13-27)24(37)38-25(2,3)4/h6-7,9-11,14,16,18,22H,8,12-13,15H2,1-5H3,(H,35,36)/t16-,18?,22+/m1/s1. The summed E-state index contributed by atoms with van der Waals surface area (Å²) in [6.07, 6.45) is -0.235. The molecule has 1 aromatic carbocycles. The van der Waals surface area contributed by atoms with Crippen LogP contribution in [0.4, 0.5) is 32.0 Å². The van der Waals surface area contributed by atoms with Gasteiger partial charge >= 0.3 is 12.1 Å². The molecule has 0 aliphatic heterocycles. The van der Waals surface area contributed by atoms with Gasteiger partial charge in [0.25, 0.3) is 5.92 Å². The zero-order valence-electron chi connectivity index (χ0n) is 22.0. The monoisotopic (exact) mass is 545 g/mol. The molecule has 2 aliphatic carbocycles. The molecule has 0 radical (unpaired) electrons. The molecule has 0 spiro atoms. The second kappa shape index (κ2) is 10.4. The van der Waals surface area contributed by atoms with Crippen LogP contribution in [0.5, 0.6) is 0 Å². The van der Waals surface area contributed by atoms with Crippen molar-refractivity contribution in [2.24, 2.45) is 23.2 Å². The van der Waals surface area contributed by atoms with E-state index < -0.39 is 52.6 Å². The zero-order valence-corrected chi connectivity index (χ0v) is 22.0. The van der Waals surface area contributed by atoms with Crippen LogP contribution < -0.4 is 5.32 Å². The van der Waals surface area contributed by atoms with E-state index in [1.165, 1.54) is 18.2 Å². The first-order chi connectivity index (χ1) is 17.3. The van der Waals surface area contributed by atoms with Crippen LogP contribution in [-0.2, 0) is 20.7 Å². The van der Waals surface area contributed by atoms with E-state index in [9.17, 15) is 35.9 Å². The SMILES string of the molecule is C[C@H]([C@H](C(=O)Nc1cc(CC2(C(=O)OC(C)(C)C)CC2)ccc1F)C1C=CC(C(C)(F)F)=CC1)C(F)(F)F. The molecule has 0 heterocycles. The first kappa shape index (κ1) is 29.8. The molecule has 1 aromatic rings. The molecule has 0 bridgehead atoms. The summed E-state index contributed by atoms with van der Waals surface area (Å²) in [6, 6.07) is 3.84. The maximum absolute atomic E-state index is 14.6. The quantitative estimate of drug-likeness (QED) is 0.274. The Morgan fingerprint density at radius 1 is 1.11 bits per heavy atom. The molecular weight excluding hydrogens is 512 g/mol. The number of hydrogen-bond donors (Lipinski definition) is 1. The third kappa shape index (κ3) is 7.20. The number of amides is 1. The van der Waals surface area contributed by atoms with Gasteiger partial charge in [0, 0.05) is 12.5 Å². The number of rotatable bonds is 8. The molecule has 1 amide bonds. The fourth-order valence-corrected chi connectivity index (χ4v) is 4.60. The van der Waals surface area contributed by atoms with Gasteiger partial charge in [-0.05, 0) is 70.1 Å². The lowest BCUT2D eigenvalue weighted by Crippen LogP contribution is -2.40. The second-order valence-corrected chi connectivity index (χ2v) is 11.4. The van der Waals surface area contributed by atoms with Crippen molar-refractivity contribution < 1.29 is 40.7 Å². The minimum absolute atomic E-state index is 0.200. The fourth-order valence-electron chi connectivity index (χ4n) is 4.60. The highest BCUT2D eigenvalue weighted by molar-refractivity contribution is 5.93. The average molecular weight is 546 g/mol. The number of halogens is 6. The minimum atomic E-state index is -4.75. The predicted octanol–water partition coefficient (Wildman–Crippen LogP) is 7.40. The van der Waals surface area contributed by atoms with Gasteiger partial charge in [0.1, 0.15) is 11.4 Å². The van der Waals surface area contributed by atoms with Crippen LogP contribution >= 0.6 is 0 Å². The Kier molecular flexibility index (Phi) is 8.16. The summed E-state index contributed by atoms with van der Waals surface area (Å²) in [5.74, 6) is -10.3. The maximum Gasteiger partial charge on any atom is 0.392 e. The summed E-state index contributed by atoms with van der Waals surface area (Å²) in [7, 11) is 0. The molecule has 1 N–H and O–H groups in total. The zero-order chi connectivity index (χ0) is 28.7. The smallest absolute Gasteiger partial charge is 0.392 e. The van der Waals surface area contributed by atoms with Gasteiger partial charge in [-0.2, -0.15) is 13.2 Å². The van der Waals surface area contributed by atoms with Crippen LogP contribution in [0.2, 0.25) is 0 Å². The van der Waals surface area contributed by atoms with Crippen molar-refractivity contribution in [2.75, 3.05) is 5.32 Å². The van der Waals surface area contributed by atoms with E-state index in [1.807, 2.05) is 0 Å². The van der Waals surface area contributed by atoms with E-state index in [1.54, 1.807) is 20.8 Å². The van der Waals surface area contributed by atoms with Crippen molar-refractivity contribution in [1.82, 2.24) is 0 Å². The van der Waals surface area contributed by atoms with Gasteiger partial charge in [0.05, 0.1) is 22.9 Å². The van der Waals surface area contributed by atoms with Crippen LogP contribution in [0.25, 0.3) is 0 Å². The minimum Gasteiger partial charge on any atom is -0.460 e. The summed E-state index contributed by atoms with van der Waals surface area (Å²) in [6.45, 7) is 6.76. The third-order valence-corrected chi connectivity index (χ3v) is 6.98. The number of carbonyl (C=O) groups is 2. The van der Waals surface area contributed by atoms with Crippen molar-refractivity contribution in [1.29, 1.82) is 0 Å². The predicted molar refractivity (Wildman–Crippen MR) is 131 cm³/mol. The van der Waals surface area contributed by atoms with Gasteiger partial charge in [-0.1, -0.05) is 31.2 Å². The van der Waals surface area contributed by atoms with Crippen LogP contribution in [-0.4, -0.2) is 29.6 Å². The summed E-state index contributed by atoms with van der Waals surface area (Å²) in [5, 5.41) is 2.28. The Balaban J connectivity index is 1.82. The van der Waals surface area contributed by atoms with Crippen molar-refractivity contribution in [3.63, 3.8) is 0 Å². The van der Waals surface area contributed by atoms with E-state index in [0.717, 1.165) is 25.1 Å². The Hall–Kier alpha value is -2.78. The van der Waals surface area contributed by atoms with Crippen LogP contribution in [0.1, 0.15) is 59.4 Å². The van der Waals surface area contributed by atoms with Gasteiger partial charge in [-0.3, -0.25) is 9.59 Å². The summed E-state index contributed by atoms with van der Waals surface area (Å²) < 4.78 is 88.4. The lowest BCUT2D eigenvalue weighted by Gasteiger charge is -2.32. The fraction of sp³-hybridized carbons (Fsp3) is 0.571. The van der Waals surface area contributed by atoms with E-state index in [-0.39, 0.29) is 30.1 Å². The first-order valence-corrected chi connectivity index (χ1v) is 12.5. The number of alkyl halides is 5. The molecule has 4 nitrogen and oxygen atoms in total. The highest BCUT2D eigenvalue weighted by Gasteiger charge is 2.52. The molecule has 1 saturated carbocycles. The van der Waals surface area contributed by atoms with E-state index in [4.69, 9.17) is 4.74 Å². The molecule has 3 rings (SSSR count). The molecule has 0 aromatic heterocycles. The molecule has 3 atom stereocenters. The third-order valence-electron chi connectivity index (χ3n) is 6.98. The van der Waals surface area contributed by atoms with Gasteiger partial charge in [-0.25, -0.2) is 13.2 Å². The van der Waals surface area contributed by atoms with E-state index >= 15 is 0 Å². The van der Waals surface area contributed by atoms with Crippen molar-refractivity contribution in [3.05, 3.63) is 53.4 Å². The van der Waals surface area contributed by atoms with Crippen molar-refractivity contribution >= 4 is 17.6 Å². The van der Waals surface area contributed by atoms with Crippen LogP contribution in [0.15, 0.2) is 42.0 Å². The number of nitrogens with one attached hydrogen (secondary N) is 1. The van der Waals surface area contributed by atoms with Crippen LogP contribution in [0, 0.1) is 29.0 Å². The Morgan fingerprint density at radius 3 is 2.21 bits per heavy atom. The summed E-state index contributed by atoms with van der Waals surface area (Å²) in [5.41, 5.74) is -1.60. The number of hydrogen-bond acceptors (Lipinski definition) is 3.